The summed E-state index contributed by atoms with van der Waals surface area (Å²) in [5, 5.41) is 0. The van der Waals surface area contributed by atoms with E-state index in [1.165, 1.54) is 19.3 Å². The van der Waals surface area contributed by atoms with Gasteiger partial charge in [0, 0.05) is 19.4 Å². The average Bonchev–Trinajstić information content (AvgIpc) is 3.14. The molecule has 53 heavy (non-hydrogen) atoms. The number of phosphoric acid groups is 1. The van der Waals surface area contributed by atoms with Crippen LogP contribution in [0.15, 0.2) is 97.2 Å². The molecule has 2 atom stereocenters. The Morgan fingerprint density at radius 3 is 1.53 bits per heavy atom. The summed E-state index contributed by atoms with van der Waals surface area (Å²) in [5.74, 6) is -0.955. The van der Waals surface area contributed by atoms with Gasteiger partial charge in [0.25, 0.3) is 0 Å². The van der Waals surface area contributed by atoms with Crippen molar-refractivity contribution in [3.63, 3.8) is 0 Å². The molecule has 0 amide bonds. The fraction of sp³-hybridized carbons (Fsp3) is 0.581. The Hall–Kier alpha value is -3.07. The first-order chi connectivity index (χ1) is 25.8. The number of phosphoric ester groups is 1. The molecule has 0 rings (SSSR count). The molecule has 0 aromatic carbocycles. The Morgan fingerprint density at radius 2 is 1.04 bits per heavy atom. The van der Waals surface area contributed by atoms with Crippen molar-refractivity contribution in [1.29, 1.82) is 0 Å². The van der Waals surface area contributed by atoms with E-state index in [0.29, 0.717) is 19.3 Å². The van der Waals surface area contributed by atoms with Crippen LogP contribution in [0.5, 0.6) is 0 Å². The van der Waals surface area contributed by atoms with Crippen molar-refractivity contribution in [2.45, 2.75) is 136 Å². The van der Waals surface area contributed by atoms with Gasteiger partial charge in [-0.2, -0.15) is 0 Å². The molecule has 0 heterocycles. The van der Waals surface area contributed by atoms with E-state index in [4.69, 9.17) is 24.3 Å². The van der Waals surface area contributed by atoms with Gasteiger partial charge in [-0.05, 0) is 89.9 Å². The van der Waals surface area contributed by atoms with E-state index >= 15 is 0 Å². The monoisotopic (exact) mass is 759 g/mol. The molecular formula is C43H70NO8P. The topological polar surface area (TPSA) is 134 Å². The summed E-state index contributed by atoms with van der Waals surface area (Å²) in [6.45, 7) is 3.44. The van der Waals surface area contributed by atoms with Gasteiger partial charge in [-0.25, -0.2) is 4.57 Å². The highest BCUT2D eigenvalue weighted by Crippen LogP contribution is 2.43. The van der Waals surface area contributed by atoms with Gasteiger partial charge in [0.15, 0.2) is 6.10 Å². The van der Waals surface area contributed by atoms with Crippen LogP contribution in [0.3, 0.4) is 0 Å². The Bertz CT molecular complexity index is 1180. The quantitative estimate of drug-likeness (QED) is 0.0280. The van der Waals surface area contributed by atoms with Crippen LogP contribution in [0.25, 0.3) is 0 Å². The first-order valence-corrected chi connectivity index (χ1v) is 21.2. The highest BCUT2D eigenvalue weighted by Gasteiger charge is 2.25. The summed E-state index contributed by atoms with van der Waals surface area (Å²) in [7, 11) is -4.40. The van der Waals surface area contributed by atoms with Gasteiger partial charge in [-0.1, -0.05) is 124 Å². The molecular weight excluding hydrogens is 689 g/mol. The molecule has 0 bridgehead atoms. The van der Waals surface area contributed by atoms with E-state index in [9.17, 15) is 19.0 Å². The zero-order valence-electron chi connectivity index (χ0n) is 32.7. The van der Waals surface area contributed by atoms with E-state index in [1.807, 2.05) is 6.08 Å². The summed E-state index contributed by atoms with van der Waals surface area (Å²) in [5.41, 5.74) is 5.33. The van der Waals surface area contributed by atoms with Gasteiger partial charge in [-0.15, -0.1) is 0 Å². The number of carbonyl (C=O) groups is 2. The smallest absolute Gasteiger partial charge is 0.462 e. The van der Waals surface area contributed by atoms with Gasteiger partial charge in [0.05, 0.1) is 13.2 Å². The summed E-state index contributed by atoms with van der Waals surface area (Å²) < 4.78 is 32.6. The third kappa shape index (κ3) is 38.5. The van der Waals surface area contributed by atoms with Crippen LogP contribution in [0.4, 0.5) is 0 Å². The lowest BCUT2D eigenvalue weighted by Gasteiger charge is -2.19. The molecule has 0 aliphatic rings. The minimum atomic E-state index is -4.40. The number of nitrogens with two attached hydrogens (primary N) is 1. The molecule has 0 aliphatic heterocycles. The van der Waals surface area contributed by atoms with Crippen LogP contribution in [0.1, 0.15) is 129 Å². The summed E-state index contributed by atoms with van der Waals surface area (Å²) in [6.07, 6.45) is 48.8. The van der Waals surface area contributed by atoms with Crippen LogP contribution < -0.4 is 5.73 Å². The van der Waals surface area contributed by atoms with E-state index < -0.39 is 32.5 Å². The maximum atomic E-state index is 12.5. The normalized spacial score (nSPS) is 14.4. The van der Waals surface area contributed by atoms with Gasteiger partial charge < -0.3 is 20.1 Å². The number of allylic oxidation sites excluding steroid dienone is 16. The molecule has 10 heteroatoms. The number of esters is 2. The number of unbranched alkanes of at least 4 members (excludes halogenated alkanes) is 6. The average molecular weight is 760 g/mol. The lowest BCUT2D eigenvalue weighted by Crippen LogP contribution is -2.29. The first-order valence-electron chi connectivity index (χ1n) is 19.7. The second-order valence-electron chi connectivity index (χ2n) is 12.4. The standard InChI is InChI=1S/C43H70NO8P/c1-3-5-7-9-11-13-15-17-19-20-22-24-26-28-30-32-34-36-43(46)52-41(40-51-53(47,48)50-38-37-44)39-49-42(45)35-33-31-29-27-25-23-21-18-16-14-12-10-8-6-4-2/h5,7,11-14,17-19,21-22,24-25,27-28,30,41H,3-4,6,8-10,15-16,20,23,26,29,31-40,44H2,1-2H3,(H,47,48)/b7-5+,13-11+,14-12+,19-17+,21-18+,24-22+,27-25+,30-28+/t41-/m1/s1. The SMILES string of the molecule is CC/C=C/C/C=C/C/C=C/C/C=C/C/C=C/CCCC(=O)O[C@H](COC(=O)CCCC/C=C/C/C=C/C/C=C/CCCCC)COP(=O)(O)OCCN. The molecule has 300 valence electrons. The molecule has 0 saturated carbocycles. The zero-order valence-corrected chi connectivity index (χ0v) is 33.6. The number of carbonyl (C=O) groups excluding carboxylic acids is 2. The van der Waals surface area contributed by atoms with Crippen molar-refractivity contribution in [2.24, 2.45) is 5.73 Å². The lowest BCUT2D eigenvalue weighted by atomic mass is 10.1. The third-order valence-corrected chi connectivity index (χ3v) is 8.44. The van der Waals surface area contributed by atoms with Crippen molar-refractivity contribution >= 4 is 19.8 Å². The fourth-order valence-electron chi connectivity index (χ4n) is 4.56. The second-order valence-corrected chi connectivity index (χ2v) is 13.9. The van der Waals surface area contributed by atoms with Crippen LogP contribution in [0, 0.1) is 0 Å². The lowest BCUT2D eigenvalue weighted by molar-refractivity contribution is -0.161. The van der Waals surface area contributed by atoms with E-state index in [-0.39, 0.29) is 32.6 Å². The maximum Gasteiger partial charge on any atom is 0.472 e. The molecule has 9 nitrogen and oxygen atoms in total. The first kappa shape index (κ1) is 49.9. The molecule has 0 aromatic heterocycles. The minimum absolute atomic E-state index is 0.0335. The van der Waals surface area contributed by atoms with E-state index in [2.05, 4.69) is 105 Å². The Morgan fingerprint density at radius 1 is 0.585 bits per heavy atom. The highest BCUT2D eigenvalue weighted by atomic mass is 31.2. The predicted molar refractivity (Wildman–Crippen MR) is 219 cm³/mol. The molecule has 0 saturated heterocycles. The number of hydrogen-bond acceptors (Lipinski definition) is 8. The molecule has 0 aliphatic carbocycles. The molecule has 1 unspecified atom stereocenters. The summed E-state index contributed by atoms with van der Waals surface area (Å²) in [4.78, 5) is 34.7. The fourth-order valence-corrected chi connectivity index (χ4v) is 5.32. The Balaban J connectivity index is 4.41. The van der Waals surface area contributed by atoms with Crippen molar-refractivity contribution in [3.8, 4) is 0 Å². The highest BCUT2D eigenvalue weighted by molar-refractivity contribution is 7.47. The van der Waals surface area contributed by atoms with Crippen molar-refractivity contribution in [2.75, 3.05) is 26.4 Å². The summed E-state index contributed by atoms with van der Waals surface area (Å²) >= 11 is 0. The number of hydrogen-bond donors (Lipinski definition) is 2. The largest absolute Gasteiger partial charge is 0.472 e. The van der Waals surface area contributed by atoms with Gasteiger partial charge >= 0.3 is 19.8 Å². The number of ether oxygens (including phenoxy) is 2. The van der Waals surface area contributed by atoms with E-state index in [0.717, 1.165) is 64.2 Å². The molecule has 3 N–H and O–H groups in total. The zero-order chi connectivity index (χ0) is 38.9. The summed E-state index contributed by atoms with van der Waals surface area (Å²) in [6, 6.07) is 0. The van der Waals surface area contributed by atoms with Gasteiger partial charge in [0.1, 0.15) is 6.61 Å². The predicted octanol–water partition coefficient (Wildman–Crippen LogP) is 11.0. The van der Waals surface area contributed by atoms with Crippen molar-refractivity contribution in [1.82, 2.24) is 0 Å². The molecule has 0 radical (unpaired) electrons. The van der Waals surface area contributed by atoms with E-state index in [1.54, 1.807) is 0 Å². The molecule has 0 aromatic rings. The number of rotatable bonds is 35. The Labute approximate surface area is 321 Å². The van der Waals surface area contributed by atoms with Gasteiger partial charge in [-0.3, -0.25) is 18.6 Å². The van der Waals surface area contributed by atoms with Crippen molar-refractivity contribution < 1.29 is 37.6 Å². The Kier molecular flexibility index (Phi) is 36.4. The third-order valence-electron chi connectivity index (χ3n) is 7.45. The van der Waals surface area contributed by atoms with Crippen LogP contribution >= 0.6 is 7.82 Å². The minimum Gasteiger partial charge on any atom is -0.462 e. The van der Waals surface area contributed by atoms with Crippen LogP contribution in [-0.4, -0.2) is 49.3 Å². The van der Waals surface area contributed by atoms with Crippen molar-refractivity contribution in [3.05, 3.63) is 97.2 Å². The second kappa shape index (κ2) is 38.6. The molecule has 0 fully saturated rings. The molecule has 0 spiro atoms. The maximum absolute atomic E-state index is 12.5. The van der Waals surface area contributed by atoms with Crippen LogP contribution in [-0.2, 0) is 32.7 Å². The van der Waals surface area contributed by atoms with Crippen LogP contribution in [0.2, 0.25) is 0 Å². The van der Waals surface area contributed by atoms with Gasteiger partial charge in [0.2, 0.25) is 0 Å².